The molecule has 1 aliphatic rings. The van der Waals surface area contributed by atoms with E-state index >= 15 is 0 Å². The molecule has 2 heterocycles. The van der Waals surface area contributed by atoms with E-state index in [1.807, 2.05) is 0 Å². The van der Waals surface area contributed by atoms with Crippen molar-refractivity contribution in [3.8, 4) is 0 Å². The van der Waals surface area contributed by atoms with Crippen LogP contribution in [0.3, 0.4) is 0 Å². The lowest BCUT2D eigenvalue weighted by Crippen LogP contribution is -2.41. The Labute approximate surface area is 178 Å². The van der Waals surface area contributed by atoms with E-state index in [0.29, 0.717) is 27.8 Å². The molecule has 1 N–H and O–H groups in total. The third kappa shape index (κ3) is 5.36. The van der Waals surface area contributed by atoms with Crippen LogP contribution in [0, 0.1) is 5.92 Å². The van der Waals surface area contributed by atoms with Gasteiger partial charge in [-0.1, -0.05) is 23.7 Å². The lowest BCUT2D eigenvalue weighted by Gasteiger charge is -2.30. The topological polar surface area (TPSA) is 92.8 Å². The number of nitrogens with one attached hydrogen (secondary N) is 1. The molecule has 29 heavy (non-hydrogen) atoms. The van der Waals surface area contributed by atoms with Crippen LogP contribution < -0.4 is 5.32 Å². The number of carbonyl (C=O) groups excluding carboxylic acids is 2. The van der Waals surface area contributed by atoms with Gasteiger partial charge in [0.1, 0.15) is 4.21 Å². The number of thiophene rings is 1. The molecule has 1 amide bonds. The lowest BCUT2D eigenvalue weighted by molar-refractivity contribution is -0.158. The molecule has 0 bridgehead atoms. The van der Waals surface area contributed by atoms with Crippen molar-refractivity contribution in [3.05, 3.63) is 46.8 Å². The number of halogens is 1. The van der Waals surface area contributed by atoms with E-state index in [2.05, 4.69) is 5.32 Å². The van der Waals surface area contributed by atoms with E-state index in [9.17, 15) is 18.0 Å². The molecule has 1 fully saturated rings. The number of amides is 1. The van der Waals surface area contributed by atoms with Crippen molar-refractivity contribution < 1.29 is 22.7 Å². The Morgan fingerprint density at radius 2 is 1.97 bits per heavy atom. The summed E-state index contributed by atoms with van der Waals surface area (Å²) in [5.74, 6) is -1.39. The normalized spacial score (nSPS) is 16.9. The van der Waals surface area contributed by atoms with Crippen LogP contribution in [0.15, 0.2) is 46.0 Å². The van der Waals surface area contributed by atoms with Crippen LogP contribution in [0.1, 0.15) is 19.8 Å². The van der Waals surface area contributed by atoms with Gasteiger partial charge in [-0.25, -0.2) is 8.42 Å². The second-order valence-corrected chi connectivity index (χ2v) is 10.2. The van der Waals surface area contributed by atoms with Crippen LogP contribution in [0.25, 0.3) is 0 Å². The summed E-state index contributed by atoms with van der Waals surface area (Å²) in [6.45, 7) is 1.97. The maximum Gasteiger partial charge on any atom is 0.309 e. The van der Waals surface area contributed by atoms with E-state index in [4.69, 9.17) is 16.3 Å². The average Bonchev–Trinajstić information content (AvgIpc) is 3.23. The number of benzene rings is 1. The molecule has 1 aliphatic heterocycles. The number of carbonyl (C=O) groups is 2. The van der Waals surface area contributed by atoms with Crippen molar-refractivity contribution in [2.45, 2.75) is 30.1 Å². The van der Waals surface area contributed by atoms with Gasteiger partial charge in [-0.2, -0.15) is 4.31 Å². The monoisotopic (exact) mass is 456 g/mol. The Kier molecular flexibility index (Phi) is 6.94. The Balaban J connectivity index is 1.51. The Morgan fingerprint density at radius 1 is 1.24 bits per heavy atom. The van der Waals surface area contributed by atoms with Gasteiger partial charge in [0, 0.05) is 23.8 Å². The maximum atomic E-state index is 12.5. The fourth-order valence-electron chi connectivity index (χ4n) is 3.00. The SMILES string of the molecule is C[C@@H](OC(=O)C1CCN(S(=O)(=O)c2cccs2)CC1)C(=O)Nc1cccc(Cl)c1. The first kappa shape index (κ1) is 21.8. The molecular formula is C19H21ClN2O5S2. The van der Waals surface area contributed by atoms with Crippen molar-refractivity contribution in [3.63, 3.8) is 0 Å². The predicted octanol–water partition coefficient (Wildman–Crippen LogP) is 3.37. The quantitative estimate of drug-likeness (QED) is 0.672. The van der Waals surface area contributed by atoms with Crippen LogP contribution in [-0.4, -0.2) is 43.8 Å². The highest BCUT2D eigenvalue weighted by molar-refractivity contribution is 7.91. The van der Waals surface area contributed by atoms with Crippen LogP contribution in [0.2, 0.25) is 5.02 Å². The highest BCUT2D eigenvalue weighted by Gasteiger charge is 2.34. The van der Waals surface area contributed by atoms with E-state index in [-0.39, 0.29) is 13.1 Å². The van der Waals surface area contributed by atoms with E-state index in [0.717, 1.165) is 0 Å². The molecule has 1 aromatic heterocycles. The number of ether oxygens (including phenoxy) is 1. The first-order valence-electron chi connectivity index (χ1n) is 9.08. The van der Waals surface area contributed by atoms with Crippen molar-refractivity contribution in [2.24, 2.45) is 5.92 Å². The zero-order valence-electron chi connectivity index (χ0n) is 15.7. The average molecular weight is 457 g/mol. The number of esters is 1. The van der Waals surface area contributed by atoms with Crippen LogP contribution >= 0.6 is 22.9 Å². The number of piperidine rings is 1. The summed E-state index contributed by atoms with van der Waals surface area (Å²) in [7, 11) is -3.52. The summed E-state index contributed by atoms with van der Waals surface area (Å²) in [6, 6.07) is 9.93. The van der Waals surface area contributed by atoms with Gasteiger partial charge < -0.3 is 10.1 Å². The second kappa shape index (κ2) is 9.25. The molecule has 1 atom stereocenters. The van der Waals surface area contributed by atoms with Crippen LogP contribution in [0.5, 0.6) is 0 Å². The fraction of sp³-hybridized carbons (Fsp3) is 0.368. The Hall–Kier alpha value is -1.94. The maximum absolute atomic E-state index is 12.5. The zero-order chi connectivity index (χ0) is 21.0. The molecule has 10 heteroatoms. The van der Waals surface area contributed by atoms with E-state index in [1.165, 1.54) is 22.6 Å². The molecule has 156 valence electrons. The lowest BCUT2D eigenvalue weighted by atomic mass is 9.98. The first-order chi connectivity index (χ1) is 13.8. The van der Waals surface area contributed by atoms with Crippen LogP contribution in [-0.2, 0) is 24.3 Å². The molecule has 2 aromatic rings. The summed E-state index contributed by atoms with van der Waals surface area (Å²) < 4.78 is 32.1. The number of hydrogen-bond donors (Lipinski definition) is 1. The number of nitrogens with zero attached hydrogens (tertiary/aromatic N) is 1. The van der Waals surface area contributed by atoms with Gasteiger partial charge in [0.05, 0.1) is 5.92 Å². The Bertz CT molecular complexity index is 970. The third-order valence-corrected chi connectivity index (χ3v) is 8.14. The Morgan fingerprint density at radius 3 is 2.59 bits per heavy atom. The number of rotatable bonds is 6. The summed E-state index contributed by atoms with van der Waals surface area (Å²) in [6.07, 6.45) is -0.271. The molecule has 0 unspecified atom stereocenters. The molecule has 1 aromatic carbocycles. The number of anilines is 1. The van der Waals surface area contributed by atoms with Crippen molar-refractivity contribution >= 4 is 50.5 Å². The predicted molar refractivity (Wildman–Crippen MR) is 111 cm³/mol. The molecule has 7 nitrogen and oxygen atoms in total. The minimum absolute atomic E-state index is 0.239. The van der Waals surface area contributed by atoms with Gasteiger partial charge >= 0.3 is 5.97 Å². The molecule has 0 saturated carbocycles. The molecular weight excluding hydrogens is 436 g/mol. The first-order valence-corrected chi connectivity index (χ1v) is 11.8. The number of hydrogen-bond acceptors (Lipinski definition) is 6. The van der Waals surface area contributed by atoms with Crippen molar-refractivity contribution in [1.29, 1.82) is 0 Å². The standard InChI is InChI=1S/C19H21ClN2O5S2/c1-13(18(23)21-16-5-2-4-15(20)12-16)27-19(24)14-7-9-22(10-8-14)29(25,26)17-6-3-11-28-17/h2-6,11-14H,7-10H2,1H3,(H,21,23)/t13-/m1/s1. The highest BCUT2D eigenvalue weighted by Crippen LogP contribution is 2.27. The third-order valence-electron chi connectivity index (χ3n) is 4.63. The smallest absolute Gasteiger partial charge is 0.309 e. The molecule has 1 saturated heterocycles. The summed E-state index contributed by atoms with van der Waals surface area (Å²) in [5.41, 5.74) is 0.512. The molecule has 0 aliphatic carbocycles. The molecule has 0 radical (unpaired) electrons. The summed E-state index contributed by atoms with van der Waals surface area (Å²) in [5, 5.41) is 4.84. The van der Waals surface area contributed by atoms with Gasteiger partial charge in [-0.15, -0.1) is 11.3 Å². The highest BCUT2D eigenvalue weighted by atomic mass is 35.5. The minimum atomic E-state index is -3.52. The number of sulfonamides is 1. The van der Waals surface area contributed by atoms with E-state index < -0.39 is 33.9 Å². The van der Waals surface area contributed by atoms with E-state index in [1.54, 1.807) is 41.8 Å². The molecule has 0 spiro atoms. The van der Waals surface area contributed by atoms with Crippen molar-refractivity contribution in [1.82, 2.24) is 4.31 Å². The van der Waals surface area contributed by atoms with Crippen molar-refractivity contribution in [2.75, 3.05) is 18.4 Å². The van der Waals surface area contributed by atoms with Gasteiger partial charge in [-0.3, -0.25) is 9.59 Å². The van der Waals surface area contributed by atoms with Gasteiger partial charge in [-0.05, 0) is 49.4 Å². The van der Waals surface area contributed by atoms with Gasteiger partial charge in [0.15, 0.2) is 6.10 Å². The zero-order valence-corrected chi connectivity index (χ0v) is 18.1. The summed E-state index contributed by atoms with van der Waals surface area (Å²) in [4.78, 5) is 24.7. The molecule has 3 rings (SSSR count). The van der Waals surface area contributed by atoms with Crippen LogP contribution in [0.4, 0.5) is 5.69 Å². The fourth-order valence-corrected chi connectivity index (χ4v) is 5.81. The van der Waals surface area contributed by atoms with Gasteiger partial charge in [0.2, 0.25) is 0 Å². The minimum Gasteiger partial charge on any atom is -0.452 e. The summed E-state index contributed by atoms with van der Waals surface area (Å²) >= 11 is 7.06. The second-order valence-electron chi connectivity index (χ2n) is 6.69. The van der Waals surface area contributed by atoms with Gasteiger partial charge in [0.25, 0.3) is 15.9 Å². The largest absolute Gasteiger partial charge is 0.452 e.